The van der Waals surface area contributed by atoms with Crippen molar-refractivity contribution in [2.45, 2.75) is 98.3 Å². The van der Waals surface area contributed by atoms with Gasteiger partial charge in [0, 0.05) is 6.42 Å². The SMILES string of the molecule is CC(CCCC(C)C1CCC2C3CCC4=CC(=O)CCC4(C)C3CCC12C)C(=O)O. The predicted octanol–water partition coefficient (Wildman–Crippen LogP) is 6.66. The lowest BCUT2D eigenvalue weighted by atomic mass is 9.46. The second-order valence-electron chi connectivity index (χ2n) is 11.8. The van der Waals surface area contributed by atoms with Crippen LogP contribution in [0.3, 0.4) is 0 Å². The molecule has 8 atom stereocenters. The second kappa shape index (κ2) is 8.10. The summed E-state index contributed by atoms with van der Waals surface area (Å²) in [4.78, 5) is 23.2. The number of carbonyl (C=O) groups excluding carboxylic acids is 1. The van der Waals surface area contributed by atoms with E-state index in [1.54, 1.807) is 0 Å². The standard InChI is InChI=1S/C27H42O3/c1-17(6-5-7-18(2)25(29)30)22-10-11-23-21-9-8-19-16-20(28)12-14-26(19,3)24(21)13-15-27(22,23)4/h16-18,21-24H,5-15H2,1-4H3,(H,29,30). The van der Waals surface area contributed by atoms with Crippen LogP contribution in [-0.4, -0.2) is 16.9 Å². The van der Waals surface area contributed by atoms with E-state index in [1.807, 2.05) is 13.0 Å². The van der Waals surface area contributed by atoms with Crippen LogP contribution in [0.15, 0.2) is 11.6 Å². The van der Waals surface area contributed by atoms with Gasteiger partial charge in [-0.25, -0.2) is 0 Å². The number of carboxylic acids is 1. The number of fused-ring (bicyclic) bond motifs is 5. The first-order chi connectivity index (χ1) is 14.2. The monoisotopic (exact) mass is 414 g/mol. The molecule has 3 saturated carbocycles. The van der Waals surface area contributed by atoms with E-state index in [2.05, 4.69) is 20.8 Å². The minimum Gasteiger partial charge on any atom is -0.481 e. The Bertz CT molecular complexity index is 724. The fraction of sp³-hybridized carbons (Fsp3) is 0.852. The highest BCUT2D eigenvalue weighted by atomic mass is 16.4. The van der Waals surface area contributed by atoms with Gasteiger partial charge in [0.15, 0.2) is 5.78 Å². The molecule has 0 radical (unpaired) electrons. The number of carbonyl (C=O) groups is 2. The first-order valence-electron chi connectivity index (χ1n) is 12.6. The van der Waals surface area contributed by atoms with E-state index >= 15 is 0 Å². The van der Waals surface area contributed by atoms with E-state index in [0.29, 0.717) is 17.1 Å². The average molecular weight is 415 g/mol. The van der Waals surface area contributed by atoms with Gasteiger partial charge in [-0.05, 0) is 97.9 Å². The van der Waals surface area contributed by atoms with E-state index in [9.17, 15) is 9.59 Å². The number of aliphatic carboxylic acids is 1. The number of ketones is 1. The Morgan fingerprint density at radius 3 is 2.57 bits per heavy atom. The van der Waals surface area contributed by atoms with Gasteiger partial charge in [0.25, 0.3) is 0 Å². The molecular formula is C27H42O3. The molecule has 168 valence electrons. The zero-order valence-corrected chi connectivity index (χ0v) is 19.6. The Morgan fingerprint density at radius 1 is 1.07 bits per heavy atom. The maximum absolute atomic E-state index is 12.0. The molecule has 0 aromatic heterocycles. The zero-order valence-electron chi connectivity index (χ0n) is 19.6. The van der Waals surface area contributed by atoms with Gasteiger partial charge in [-0.1, -0.05) is 46.1 Å². The second-order valence-corrected chi connectivity index (χ2v) is 11.8. The lowest BCUT2D eigenvalue weighted by molar-refractivity contribution is -0.141. The van der Waals surface area contributed by atoms with Gasteiger partial charge in [-0.15, -0.1) is 0 Å². The summed E-state index contributed by atoms with van der Waals surface area (Å²) < 4.78 is 0. The number of rotatable bonds is 6. The van der Waals surface area contributed by atoms with Gasteiger partial charge in [0.2, 0.25) is 0 Å². The first kappa shape index (κ1) is 22.1. The van der Waals surface area contributed by atoms with Gasteiger partial charge in [0.05, 0.1) is 5.92 Å². The van der Waals surface area contributed by atoms with Crippen LogP contribution in [0.1, 0.15) is 98.3 Å². The molecule has 30 heavy (non-hydrogen) atoms. The van der Waals surface area contributed by atoms with Crippen LogP contribution in [0.4, 0.5) is 0 Å². The molecule has 0 saturated heterocycles. The summed E-state index contributed by atoms with van der Waals surface area (Å²) in [6, 6.07) is 0. The topological polar surface area (TPSA) is 54.4 Å². The molecule has 0 aromatic rings. The fourth-order valence-electron chi connectivity index (χ4n) is 8.61. The van der Waals surface area contributed by atoms with Crippen molar-refractivity contribution < 1.29 is 14.7 Å². The predicted molar refractivity (Wildman–Crippen MR) is 120 cm³/mol. The summed E-state index contributed by atoms with van der Waals surface area (Å²) in [5, 5.41) is 9.16. The molecule has 4 rings (SSSR count). The van der Waals surface area contributed by atoms with Crippen molar-refractivity contribution in [3.8, 4) is 0 Å². The number of allylic oxidation sites excluding steroid dienone is 1. The summed E-state index contributed by atoms with van der Waals surface area (Å²) >= 11 is 0. The van der Waals surface area contributed by atoms with Crippen molar-refractivity contribution in [3.05, 3.63) is 11.6 Å². The van der Waals surface area contributed by atoms with Crippen LogP contribution >= 0.6 is 0 Å². The van der Waals surface area contributed by atoms with Crippen LogP contribution < -0.4 is 0 Å². The third kappa shape index (κ3) is 3.58. The molecule has 3 heteroatoms. The minimum atomic E-state index is -0.655. The number of hydrogen-bond acceptors (Lipinski definition) is 2. The van der Waals surface area contributed by atoms with Crippen molar-refractivity contribution in [2.75, 3.05) is 0 Å². The van der Waals surface area contributed by atoms with Gasteiger partial charge in [0.1, 0.15) is 0 Å². The lowest BCUT2D eigenvalue weighted by Crippen LogP contribution is -2.50. The van der Waals surface area contributed by atoms with Gasteiger partial charge in [-0.3, -0.25) is 9.59 Å². The summed E-state index contributed by atoms with van der Waals surface area (Å²) in [7, 11) is 0. The van der Waals surface area contributed by atoms with E-state index in [1.165, 1.54) is 44.1 Å². The molecule has 0 spiro atoms. The lowest BCUT2D eigenvalue weighted by Gasteiger charge is -2.58. The van der Waals surface area contributed by atoms with Crippen LogP contribution in [0.5, 0.6) is 0 Å². The normalized spacial score (nSPS) is 42.5. The van der Waals surface area contributed by atoms with Crippen LogP contribution in [-0.2, 0) is 9.59 Å². The Kier molecular flexibility index (Phi) is 5.96. The number of hydrogen-bond donors (Lipinski definition) is 1. The third-order valence-corrected chi connectivity index (χ3v) is 10.4. The number of carboxylic acid groups (broad SMARTS) is 1. The third-order valence-electron chi connectivity index (χ3n) is 10.4. The first-order valence-corrected chi connectivity index (χ1v) is 12.6. The molecule has 0 heterocycles. The smallest absolute Gasteiger partial charge is 0.306 e. The summed E-state index contributed by atoms with van der Waals surface area (Å²) in [5.41, 5.74) is 2.20. The van der Waals surface area contributed by atoms with Crippen molar-refractivity contribution in [1.82, 2.24) is 0 Å². The van der Waals surface area contributed by atoms with Crippen LogP contribution in [0.2, 0.25) is 0 Å². The molecule has 8 unspecified atom stereocenters. The van der Waals surface area contributed by atoms with Gasteiger partial charge < -0.3 is 5.11 Å². The molecule has 1 N–H and O–H groups in total. The molecular weight excluding hydrogens is 372 g/mol. The van der Waals surface area contributed by atoms with Crippen LogP contribution in [0.25, 0.3) is 0 Å². The Hall–Kier alpha value is -1.12. The largest absolute Gasteiger partial charge is 0.481 e. The molecule has 0 bridgehead atoms. The van der Waals surface area contributed by atoms with Crippen LogP contribution in [0, 0.1) is 46.3 Å². The fourth-order valence-corrected chi connectivity index (χ4v) is 8.61. The minimum absolute atomic E-state index is 0.216. The van der Waals surface area contributed by atoms with E-state index in [4.69, 9.17) is 5.11 Å². The highest BCUT2D eigenvalue weighted by Crippen LogP contribution is 2.67. The Labute approximate surface area is 183 Å². The zero-order chi connectivity index (χ0) is 21.7. The summed E-state index contributed by atoms with van der Waals surface area (Å²) in [6.07, 6.45) is 14.7. The molecule has 0 amide bonds. The highest BCUT2D eigenvalue weighted by molar-refractivity contribution is 5.91. The van der Waals surface area contributed by atoms with E-state index < -0.39 is 5.97 Å². The Balaban J connectivity index is 1.44. The van der Waals surface area contributed by atoms with Crippen molar-refractivity contribution in [1.29, 1.82) is 0 Å². The molecule has 4 aliphatic carbocycles. The van der Waals surface area contributed by atoms with Crippen molar-refractivity contribution in [3.63, 3.8) is 0 Å². The van der Waals surface area contributed by atoms with Crippen molar-refractivity contribution in [2.24, 2.45) is 46.3 Å². The summed E-state index contributed by atoms with van der Waals surface area (Å²) in [6.45, 7) is 9.35. The molecule has 0 aliphatic heterocycles. The molecule has 4 aliphatic rings. The molecule has 3 fully saturated rings. The quantitative estimate of drug-likeness (QED) is 0.528. The van der Waals surface area contributed by atoms with E-state index in [0.717, 1.165) is 55.8 Å². The average Bonchev–Trinajstić information content (AvgIpc) is 3.05. The van der Waals surface area contributed by atoms with Gasteiger partial charge >= 0.3 is 5.97 Å². The maximum atomic E-state index is 12.0. The Morgan fingerprint density at radius 2 is 1.83 bits per heavy atom. The highest BCUT2D eigenvalue weighted by Gasteiger charge is 2.59. The van der Waals surface area contributed by atoms with Crippen molar-refractivity contribution >= 4 is 11.8 Å². The molecule has 0 aromatic carbocycles. The molecule has 3 nitrogen and oxygen atoms in total. The van der Waals surface area contributed by atoms with Gasteiger partial charge in [-0.2, -0.15) is 0 Å². The van der Waals surface area contributed by atoms with E-state index in [-0.39, 0.29) is 11.3 Å². The maximum Gasteiger partial charge on any atom is 0.306 e. The summed E-state index contributed by atoms with van der Waals surface area (Å²) in [5.74, 6) is 3.43.